The summed E-state index contributed by atoms with van der Waals surface area (Å²) in [5.41, 5.74) is 1.48. The van der Waals surface area contributed by atoms with Crippen LogP contribution in [0.5, 0.6) is 5.75 Å². The Kier molecular flexibility index (Phi) is 5.66. The second kappa shape index (κ2) is 7.49. The first-order chi connectivity index (χ1) is 10.5. The fourth-order valence-corrected chi connectivity index (χ4v) is 2.57. The SMILES string of the molecule is O=C(O)C(Cc1ccc(O)cc1)NCc1c(Cl)cccc1Cl. The van der Waals surface area contributed by atoms with Crippen molar-refractivity contribution in [1.82, 2.24) is 5.32 Å². The first-order valence-corrected chi connectivity index (χ1v) is 7.40. The van der Waals surface area contributed by atoms with Crippen molar-refractivity contribution in [3.63, 3.8) is 0 Å². The number of nitrogens with one attached hydrogen (secondary N) is 1. The monoisotopic (exact) mass is 339 g/mol. The van der Waals surface area contributed by atoms with E-state index < -0.39 is 12.0 Å². The molecular formula is C16H15Cl2NO3. The summed E-state index contributed by atoms with van der Waals surface area (Å²) in [5, 5.41) is 22.5. The molecule has 0 aromatic heterocycles. The average Bonchev–Trinajstić information content (AvgIpc) is 2.47. The fourth-order valence-electron chi connectivity index (χ4n) is 2.04. The molecule has 0 amide bonds. The Labute approximate surface area is 138 Å². The van der Waals surface area contributed by atoms with Crippen molar-refractivity contribution >= 4 is 29.2 Å². The van der Waals surface area contributed by atoms with Crippen molar-refractivity contribution in [1.29, 1.82) is 0 Å². The molecule has 1 unspecified atom stereocenters. The van der Waals surface area contributed by atoms with Crippen LogP contribution < -0.4 is 5.32 Å². The molecule has 0 aliphatic heterocycles. The number of halogens is 2. The highest BCUT2D eigenvalue weighted by molar-refractivity contribution is 6.35. The third kappa shape index (κ3) is 4.37. The Bertz CT molecular complexity index is 639. The summed E-state index contributed by atoms with van der Waals surface area (Å²) < 4.78 is 0. The number of carbonyl (C=O) groups is 1. The lowest BCUT2D eigenvalue weighted by Crippen LogP contribution is -2.38. The van der Waals surface area contributed by atoms with Crippen molar-refractivity contribution in [2.24, 2.45) is 0 Å². The van der Waals surface area contributed by atoms with Gasteiger partial charge in [0.25, 0.3) is 0 Å². The van der Waals surface area contributed by atoms with E-state index in [1.807, 2.05) is 0 Å². The van der Waals surface area contributed by atoms with Crippen molar-refractivity contribution in [3.05, 3.63) is 63.6 Å². The molecule has 0 saturated heterocycles. The molecule has 0 fully saturated rings. The van der Waals surface area contributed by atoms with Crippen LogP contribution in [0.1, 0.15) is 11.1 Å². The van der Waals surface area contributed by atoms with Gasteiger partial charge in [-0.1, -0.05) is 41.4 Å². The zero-order valence-corrected chi connectivity index (χ0v) is 13.1. The quantitative estimate of drug-likeness (QED) is 0.753. The highest BCUT2D eigenvalue weighted by Crippen LogP contribution is 2.24. The first-order valence-electron chi connectivity index (χ1n) is 6.64. The molecular weight excluding hydrogens is 325 g/mol. The zero-order valence-electron chi connectivity index (χ0n) is 11.6. The van der Waals surface area contributed by atoms with Crippen LogP contribution >= 0.6 is 23.2 Å². The molecule has 2 rings (SSSR count). The number of benzene rings is 2. The lowest BCUT2D eigenvalue weighted by molar-refractivity contribution is -0.139. The van der Waals surface area contributed by atoms with Crippen LogP contribution in [0.25, 0.3) is 0 Å². The fraction of sp³-hybridized carbons (Fsp3) is 0.188. The number of aromatic hydroxyl groups is 1. The van der Waals surface area contributed by atoms with Crippen LogP contribution in [0, 0.1) is 0 Å². The number of hydrogen-bond donors (Lipinski definition) is 3. The number of aliphatic carboxylic acids is 1. The highest BCUT2D eigenvalue weighted by Gasteiger charge is 2.18. The molecule has 2 aromatic carbocycles. The summed E-state index contributed by atoms with van der Waals surface area (Å²) >= 11 is 12.1. The Hall–Kier alpha value is -1.75. The molecule has 0 heterocycles. The summed E-state index contributed by atoms with van der Waals surface area (Å²) in [6, 6.07) is 10.8. The second-order valence-electron chi connectivity index (χ2n) is 4.84. The summed E-state index contributed by atoms with van der Waals surface area (Å²) in [5.74, 6) is -0.817. The predicted molar refractivity (Wildman–Crippen MR) is 86.5 cm³/mol. The number of carboxylic acid groups (broad SMARTS) is 1. The minimum atomic E-state index is -0.962. The van der Waals surface area contributed by atoms with E-state index in [0.29, 0.717) is 15.6 Å². The molecule has 4 nitrogen and oxygen atoms in total. The maximum absolute atomic E-state index is 11.4. The van der Waals surface area contributed by atoms with Gasteiger partial charge in [0.2, 0.25) is 0 Å². The molecule has 22 heavy (non-hydrogen) atoms. The molecule has 0 aliphatic rings. The maximum Gasteiger partial charge on any atom is 0.321 e. The van der Waals surface area contributed by atoms with E-state index in [1.165, 1.54) is 12.1 Å². The molecule has 0 radical (unpaired) electrons. The Morgan fingerprint density at radius 2 is 1.68 bits per heavy atom. The summed E-state index contributed by atoms with van der Waals surface area (Å²) in [7, 11) is 0. The smallest absolute Gasteiger partial charge is 0.321 e. The van der Waals surface area contributed by atoms with Gasteiger partial charge in [0.05, 0.1) is 0 Å². The topological polar surface area (TPSA) is 69.6 Å². The van der Waals surface area contributed by atoms with E-state index in [9.17, 15) is 15.0 Å². The van der Waals surface area contributed by atoms with E-state index in [0.717, 1.165) is 5.56 Å². The van der Waals surface area contributed by atoms with Gasteiger partial charge in [-0.15, -0.1) is 0 Å². The van der Waals surface area contributed by atoms with Gasteiger partial charge in [-0.05, 0) is 36.2 Å². The highest BCUT2D eigenvalue weighted by atomic mass is 35.5. The summed E-state index contributed by atoms with van der Waals surface area (Å²) in [4.78, 5) is 11.4. The first kappa shape index (κ1) is 16.6. The van der Waals surface area contributed by atoms with Crippen LogP contribution in [0.3, 0.4) is 0 Å². The largest absolute Gasteiger partial charge is 0.508 e. The normalized spacial score (nSPS) is 12.1. The van der Waals surface area contributed by atoms with E-state index in [-0.39, 0.29) is 18.7 Å². The van der Waals surface area contributed by atoms with Gasteiger partial charge in [0, 0.05) is 22.2 Å². The number of rotatable bonds is 6. The summed E-state index contributed by atoms with van der Waals surface area (Å²) in [6.07, 6.45) is 0.289. The van der Waals surface area contributed by atoms with Crippen LogP contribution in [0.15, 0.2) is 42.5 Å². The molecule has 1 atom stereocenters. The Balaban J connectivity index is 2.06. The molecule has 116 valence electrons. The predicted octanol–water partition coefficient (Wildman–Crippen LogP) is 3.48. The van der Waals surface area contributed by atoms with Crippen molar-refractivity contribution in [3.8, 4) is 5.75 Å². The van der Waals surface area contributed by atoms with E-state index >= 15 is 0 Å². The molecule has 0 bridgehead atoms. The molecule has 0 aliphatic carbocycles. The number of hydrogen-bond acceptors (Lipinski definition) is 3. The number of phenols is 1. The van der Waals surface area contributed by atoms with Gasteiger partial charge in [-0.2, -0.15) is 0 Å². The molecule has 0 spiro atoms. The number of phenolic OH excluding ortho intramolecular Hbond substituents is 1. The second-order valence-corrected chi connectivity index (χ2v) is 5.66. The lowest BCUT2D eigenvalue weighted by atomic mass is 10.1. The molecule has 0 saturated carbocycles. The van der Waals surface area contributed by atoms with Crippen LogP contribution in [0.4, 0.5) is 0 Å². The third-order valence-electron chi connectivity index (χ3n) is 3.26. The minimum absolute atomic E-state index is 0.145. The van der Waals surface area contributed by atoms with Gasteiger partial charge in [0.1, 0.15) is 11.8 Å². The third-order valence-corrected chi connectivity index (χ3v) is 3.97. The number of carboxylic acids is 1. The lowest BCUT2D eigenvalue weighted by Gasteiger charge is -2.16. The standard InChI is InChI=1S/C16H15Cl2NO3/c17-13-2-1-3-14(18)12(13)9-19-15(16(21)22)8-10-4-6-11(20)7-5-10/h1-7,15,19-20H,8-9H2,(H,21,22). The maximum atomic E-state index is 11.4. The van der Waals surface area contributed by atoms with Crippen LogP contribution in [0.2, 0.25) is 10.0 Å². The van der Waals surface area contributed by atoms with Gasteiger partial charge in [-0.25, -0.2) is 0 Å². The van der Waals surface area contributed by atoms with Gasteiger partial charge in [0.15, 0.2) is 0 Å². The van der Waals surface area contributed by atoms with Crippen LogP contribution in [-0.4, -0.2) is 22.2 Å². The Morgan fingerprint density at radius 3 is 2.23 bits per heavy atom. The summed E-state index contributed by atoms with van der Waals surface area (Å²) in [6.45, 7) is 0.257. The van der Waals surface area contributed by atoms with Crippen molar-refractivity contribution < 1.29 is 15.0 Å². The van der Waals surface area contributed by atoms with Gasteiger partial charge < -0.3 is 10.2 Å². The Morgan fingerprint density at radius 1 is 1.09 bits per heavy atom. The average molecular weight is 340 g/mol. The van der Waals surface area contributed by atoms with Crippen molar-refractivity contribution in [2.75, 3.05) is 0 Å². The van der Waals surface area contributed by atoms with E-state index in [2.05, 4.69) is 5.32 Å². The van der Waals surface area contributed by atoms with Crippen LogP contribution in [-0.2, 0) is 17.8 Å². The molecule has 2 aromatic rings. The minimum Gasteiger partial charge on any atom is -0.508 e. The van der Waals surface area contributed by atoms with E-state index in [4.69, 9.17) is 23.2 Å². The van der Waals surface area contributed by atoms with E-state index in [1.54, 1.807) is 30.3 Å². The zero-order chi connectivity index (χ0) is 16.1. The molecule has 3 N–H and O–H groups in total. The van der Waals surface area contributed by atoms with Crippen molar-refractivity contribution in [2.45, 2.75) is 19.0 Å². The van der Waals surface area contributed by atoms with Gasteiger partial charge in [-0.3, -0.25) is 10.1 Å². The molecule has 6 heteroatoms. The van der Waals surface area contributed by atoms with Gasteiger partial charge >= 0.3 is 5.97 Å².